The molecule has 0 aliphatic heterocycles. The Morgan fingerprint density at radius 2 is 2.31 bits per heavy atom. The summed E-state index contributed by atoms with van der Waals surface area (Å²) in [7, 11) is 0. The second kappa shape index (κ2) is 2.58. The van der Waals surface area contributed by atoms with Gasteiger partial charge in [0.2, 0.25) is 0 Å². The van der Waals surface area contributed by atoms with Gasteiger partial charge in [0.25, 0.3) is 5.91 Å². The highest BCUT2D eigenvalue weighted by atomic mass is 16.1. The van der Waals surface area contributed by atoms with Crippen LogP contribution in [-0.4, -0.2) is 16.1 Å². The lowest BCUT2D eigenvalue weighted by atomic mass is 10.1. The van der Waals surface area contributed by atoms with Crippen LogP contribution in [0.2, 0.25) is 0 Å². The van der Waals surface area contributed by atoms with E-state index < -0.39 is 5.91 Å². The Hall–Kier alpha value is -1.84. The zero-order valence-corrected chi connectivity index (χ0v) is 7.16. The number of fused-ring (bicyclic) bond motifs is 1. The molecule has 0 bridgehead atoms. The summed E-state index contributed by atoms with van der Waals surface area (Å²) in [5.41, 5.74) is 7.37. The summed E-state index contributed by atoms with van der Waals surface area (Å²) in [6.45, 7) is 1.96. The maximum Gasteiger partial charge on any atom is 0.269 e. The fourth-order valence-electron chi connectivity index (χ4n) is 1.32. The maximum absolute atomic E-state index is 10.9. The molecule has 2 rings (SSSR count). The average Bonchev–Trinajstić information content (AvgIpc) is 2.46. The molecule has 3 N–H and O–H groups in total. The average molecular weight is 175 g/mol. The van der Waals surface area contributed by atoms with E-state index in [0.717, 1.165) is 16.5 Å². The van der Waals surface area contributed by atoms with Gasteiger partial charge in [-0.15, -0.1) is 0 Å². The van der Waals surface area contributed by atoms with Gasteiger partial charge in [-0.1, -0.05) is 11.6 Å². The van der Waals surface area contributed by atoms with E-state index in [9.17, 15) is 4.79 Å². The van der Waals surface area contributed by atoms with Crippen molar-refractivity contribution in [2.75, 3.05) is 0 Å². The fourth-order valence-corrected chi connectivity index (χ4v) is 1.32. The molecule has 13 heavy (non-hydrogen) atoms. The molecular formula is C9H9N3O. The first-order valence-electron chi connectivity index (χ1n) is 3.93. The fraction of sp³-hybridized carbons (Fsp3) is 0.111. The van der Waals surface area contributed by atoms with Gasteiger partial charge in [0.05, 0.1) is 5.52 Å². The lowest BCUT2D eigenvalue weighted by Crippen LogP contribution is -2.11. The van der Waals surface area contributed by atoms with Gasteiger partial charge in [0, 0.05) is 5.39 Å². The predicted molar refractivity (Wildman–Crippen MR) is 49.3 cm³/mol. The summed E-state index contributed by atoms with van der Waals surface area (Å²) < 4.78 is 0. The number of amides is 1. The number of carbonyl (C=O) groups is 1. The van der Waals surface area contributed by atoms with Crippen molar-refractivity contribution in [3.63, 3.8) is 0 Å². The van der Waals surface area contributed by atoms with Crippen LogP contribution in [0, 0.1) is 6.92 Å². The number of hydrogen-bond donors (Lipinski definition) is 2. The first-order chi connectivity index (χ1) is 6.18. The Kier molecular flexibility index (Phi) is 1.55. The molecule has 4 nitrogen and oxygen atoms in total. The van der Waals surface area contributed by atoms with Crippen LogP contribution >= 0.6 is 0 Å². The monoisotopic (exact) mass is 175 g/mol. The van der Waals surface area contributed by atoms with Crippen LogP contribution in [0.1, 0.15) is 16.1 Å². The minimum Gasteiger partial charge on any atom is -0.364 e. The largest absolute Gasteiger partial charge is 0.364 e. The van der Waals surface area contributed by atoms with Crippen LogP contribution in [0.15, 0.2) is 18.2 Å². The minimum absolute atomic E-state index is 0.304. The Balaban J connectivity index is 2.79. The number of aryl methyl sites for hydroxylation is 1. The lowest BCUT2D eigenvalue weighted by Gasteiger charge is -1.92. The number of rotatable bonds is 1. The second-order valence-corrected chi connectivity index (χ2v) is 2.99. The highest BCUT2D eigenvalue weighted by Crippen LogP contribution is 2.16. The number of H-pyrrole nitrogens is 1. The SMILES string of the molecule is Cc1ccc2[nH]nc(C(N)=O)c2c1. The molecule has 66 valence electrons. The van der Waals surface area contributed by atoms with Crippen molar-refractivity contribution in [1.82, 2.24) is 10.2 Å². The van der Waals surface area contributed by atoms with E-state index in [-0.39, 0.29) is 0 Å². The van der Waals surface area contributed by atoms with Crippen molar-refractivity contribution in [2.45, 2.75) is 6.92 Å². The van der Waals surface area contributed by atoms with Crippen LogP contribution < -0.4 is 5.73 Å². The van der Waals surface area contributed by atoms with Crippen molar-refractivity contribution < 1.29 is 4.79 Å². The predicted octanol–water partition coefficient (Wildman–Crippen LogP) is 0.970. The topological polar surface area (TPSA) is 71.8 Å². The summed E-state index contributed by atoms with van der Waals surface area (Å²) in [6.07, 6.45) is 0. The Labute approximate surface area is 74.7 Å². The van der Waals surface area contributed by atoms with Gasteiger partial charge >= 0.3 is 0 Å². The van der Waals surface area contributed by atoms with Gasteiger partial charge in [-0.25, -0.2) is 0 Å². The van der Waals surface area contributed by atoms with Crippen LogP contribution in [0.3, 0.4) is 0 Å². The molecule has 4 heteroatoms. The van der Waals surface area contributed by atoms with Crippen molar-refractivity contribution in [3.05, 3.63) is 29.5 Å². The van der Waals surface area contributed by atoms with Gasteiger partial charge in [0.1, 0.15) is 0 Å². The summed E-state index contributed by atoms with van der Waals surface area (Å²) in [4.78, 5) is 10.9. The zero-order chi connectivity index (χ0) is 9.42. The van der Waals surface area contributed by atoms with Crippen molar-refractivity contribution in [3.8, 4) is 0 Å². The second-order valence-electron chi connectivity index (χ2n) is 2.99. The third-order valence-corrected chi connectivity index (χ3v) is 1.95. The van der Waals surface area contributed by atoms with E-state index in [1.807, 2.05) is 25.1 Å². The molecule has 1 aromatic carbocycles. The molecule has 0 atom stereocenters. The van der Waals surface area contributed by atoms with E-state index in [1.54, 1.807) is 0 Å². The quantitative estimate of drug-likeness (QED) is 0.677. The van der Waals surface area contributed by atoms with E-state index in [0.29, 0.717) is 5.69 Å². The first kappa shape index (κ1) is 7.79. The van der Waals surface area contributed by atoms with E-state index >= 15 is 0 Å². The van der Waals surface area contributed by atoms with Crippen LogP contribution in [0.25, 0.3) is 10.9 Å². The molecule has 0 saturated carbocycles. The highest BCUT2D eigenvalue weighted by molar-refractivity contribution is 6.03. The normalized spacial score (nSPS) is 10.5. The molecule has 0 radical (unpaired) electrons. The number of nitrogens with one attached hydrogen (secondary N) is 1. The summed E-state index contributed by atoms with van der Waals surface area (Å²) in [6, 6.07) is 5.72. The molecule has 0 unspecified atom stereocenters. The smallest absolute Gasteiger partial charge is 0.269 e. The number of nitrogens with zero attached hydrogens (tertiary/aromatic N) is 1. The molecule has 1 amide bonds. The van der Waals surface area contributed by atoms with Gasteiger partial charge in [-0.2, -0.15) is 5.10 Å². The van der Waals surface area contributed by atoms with E-state index in [4.69, 9.17) is 5.73 Å². The van der Waals surface area contributed by atoms with Crippen LogP contribution in [-0.2, 0) is 0 Å². The van der Waals surface area contributed by atoms with Crippen LogP contribution in [0.4, 0.5) is 0 Å². The third kappa shape index (κ3) is 1.16. The highest BCUT2D eigenvalue weighted by Gasteiger charge is 2.09. The standard InChI is InChI=1S/C9H9N3O/c1-5-2-3-7-6(4-5)8(9(10)13)12-11-7/h2-4H,1H3,(H2,10,13)(H,11,12). The Morgan fingerprint density at radius 1 is 1.54 bits per heavy atom. The summed E-state index contributed by atoms with van der Waals surface area (Å²) >= 11 is 0. The molecule has 0 aliphatic carbocycles. The van der Waals surface area contributed by atoms with Gasteiger partial charge in [-0.3, -0.25) is 9.89 Å². The molecule has 0 saturated heterocycles. The summed E-state index contributed by atoms with van der Waals surface area (Å²) in [5, 5.41) is 7.37. The van der Waals surface area contributed by atoms with Crippen molar-refractivity contribution in [1.29, 1.82) is 0 Å². The number of carbonyl (C=O) groups excluding carboxylic acids is 1. The van der Waals surface area contributed by atoms with Gasteiger partial charge in [-0.05, 0) is 19.1 Å². The van der Waals surface area contributed by atoms with Gasteiger partial charge < -0.3 is 5.73 Å². The Morgan fingerprint density at radius 3 is 3.00 bits per heavy atom. The zero-order valence-electron chi connectivity index (χ0n) is 7.16. The molecule has 1 aromatic heterocycles. The maximum atomic E-state index is 10.9. The third-order valence-electron chi connectivity index (χ3n) is 1.95. The molecule has 2 aromatic rings. The van der Waals surface area contributed by atoms with E-state index in [2.05, 4.69) is 10.2 Å². The molecular weight excluding hydrogens is 166 g/mol. The molecule has 1 heterocycles. The number of primary amides is 1. The number of benzene rings is 1. The summed E-state index contributed by atoms with van der Waals surface area (Å²) in [5.74, 6) is -0.503. The number of aromatic amines is 1. The number of aromatic nitrogens is 2. The Bertz CT molecular complexity index is 473. The van der Waals surface area contributed by atoms with Crippen molar-refractivity contribution in [2.24, 2.45) is 5.73 Å². The number of nitrogens with two attached hydrogens (primary N) is 1. The van der Waals surface area contributed by atoms with Crippen molar-refractivity contribution >= 4 is 16.8 Å². The van der Waals surface area contributed by atoms with E-state index in [1.165, 1.54) is 0 Å². The minimum atomic E-state index is -0.503. The molecule has 0 spiro atoms. The lowest BCUT2D eigenvalue weighted by molar-refractivity contribution is 0.0997. The first-order valence-corrected chi connectivity index (χ1v) is 3.93. The molecule has 0 aliphatic rings. The molecule has 0 fully saturated rings. The van der Waals surface area contributed by atoms with Gasteiger partial charge in [0.15, 0.2) is 5.69 Å². The number of hydrogen-bond acceptors (Lipinski definition) is 2. The van der Waals surface area contributed by atoms with Crippen LogP contribution in [0.5, 0.6) is 0 Å².